The molecule has 0 aromatic heterocycles. The quantitative estimate of drug-likeness (QED) is 0.635. The zero-order valence-corrected chi connectivity index (χ0v) is 8.85. The van der Waals surface area contributed by atoms with Crippen molar-refractivity contribution >= 4 is 0 Å². The lowest BCUT2D eigenvalue weighted by atomic mass is 10.4. The van der Waals surface area contributed by atoms with Gasteiger partial charge in [-0.05, 0) is 13.8 Å². The highest BCUT2D eigenvalue weighted by atomic mass is 16.5. The molecule has 0 aliphatic carbocycles. The van der Waals surface area contributed by atoms with Crippen LogP contribution in [0.5, 0.6) is 0 Å². The fourth-order valence-corrected chi connectivity index (χ4v) is 0.424. The molecule has 0 aliphatic rings. The molecule has 2 unspecified atom stereocenters. The monoisotopic (exact) mass is 204 g/mol. The molecule has 0 heterocycles. The van der Waals surface area contributed by atoms with Crippen LogP contribution in [0.25, 0.3) is 0 Å². The van der Waals surface area contributed by atoms with Crippen LogP contribution in [0.2, 0.25) is 0 Å². The van der Waals surface area contributed by atoms with Gasteiger partial charge in [-0.25, -0.2) is 0 Å². The van der Waals surface area contributed by atoms with Crippen LogP contribution in [0, 0.1) is 0 Å². The Labute approximate surface area is 85.5 Å². The smallest absolute Gasteiger partial charge is 0.0829 e. The third-order valence-corrected chi connectivity index (χ3v) is 1.07. The molecule has 0 aromatic carbocycles. The summed E-state index contributed by atoms with van der Waals surface area (Å²) < 4.78 is 9.31. The fraction of sp³-hybridized carbons (Fsp3) is 0.600. The van der Waals surface area contributed by atoms with Crippen LogP contribution in [-0.2, 0) is 9.47 Å². The second kappa shape index (κ2) is 12.2. The highest BCUT2D eigenvalue weighted by Gasteiger charge is 2.00. The molecular weight excluding hydrogens is 184 g/mol. The first-order chi connectivity index (χ1) is 6.58. The molecule has 84 valence electrons. The molecule has 14 heavy (non-hydrogen) atoms. The Kier molecular flexibility index (Phi) is 13.6. The largest absolute Gasteiger partial charge is 0.474 e. The number of hydrogen-bond donors (Lipinski definition) is 2. The SMILES string of the molecule is C=COC=C.CC(O)COC(C)CO. The first-order valence-electron chi connectivity index (χ1n) is 4.36. The number of aliphatic hydroxyl groups excluding tert-OH is 2. The molecular formula is C10H20O4. The molecule has 2 atom stereocenters. The molecule has 0 aliphatic heterocycles. The van der Waals surface area contributed by atoms with Crippen molar-refractivity contribution in [2.45, 2.75) is 26.1 Å². The Hall–Kier alpha value is -0.840. The first kappa shape index (κ1) is 15.6. The van der Waals surface area contributed by atoms with E-state index in [1.165, 1.54) is 12.5 Å². The minimum absolute atomic E-state index is 0.00667. The normalized spacial score (nSPS) is 13.1. The third-order valence-electron chi connectivity index (χ3n) is 1.07. The second-order valence-corrected chi connectivity index (χ2v) is 2.64. The van der Waals surface area contributed by atoms with Gasteiger partial charge in [0.15, 0.2) is 0 Å². The predicted molar refractivity (Wildman–Crippen MR) is 55.7 cm³/mol. The van der Waals surface area contributed by atoms with Gasteiger partial charge < -0.3 is 19.7 Å². The highest BCUT2D eigenvalue weighted by Crippen LogP contribution is 1.90. The maximum absolute atomic E-state index is 8.69. The lowest BCUT2D eigenvalue weighted by Crippen LogP contribution is -2.19. The summed E-state index contributed by atoms with van der Waals surface area (Å²) in [6.07, 6.45) is 2.01. The van der Waals surface area contributed by atoms with E-state index in [4.69, 9.17) is 14.9 Å². The van der Waals surface area contributed by atoms with E-state index in [1.54, 1.807) is 13.8 Å². The Morgan fingerprint density at radius 3 is 2.00 bits per heavy atom. The Morgan fingerprint density at radius 2 is 1.79 bits per heavy atom. The van der Waals surface area contributed by atoms with Crippen LogP contribution in [0.1, 0.15) is 13.8 Å². The number of rotatable bonds is 6. The van der Waals surface area contributed by atoms with Crippen LogP contribution in [0.3, 0.4) is 0 Å². The fourth-order valence-electron chi connectivity index (χ4n) is 0.424. The summed E-state index contributed by atoms with van der Waals surface area (Å²) >= 11 is 0. The van der Waals surface area contributed by atoms with Crippen molar-refractivity contribution < 1.29 is 19.7 Å². The van der Waals surface area contributed by atoms with E-state index >= 15 is 0 Å². The maximum atomic E-state index is 8.69. The molecule has 4 heteroatoms. The maximum Gasteiger partial charge on any atom is 0.0829 e. The average molecular weight is 204 g/mol. The number of ether oxygens (including phenoxy) is 2. The van der Waals surface area contributed by atoms with Crippen LogP contribution in [0.4, 0.5) is 0 Å². The van der Waals surface area contributed by atoms with E-state index in [9.17, 15) is 0 Å². The lowest BCUT2D eigenvalue weighted by Gasteiger charge is -2.10. The molecule has 0 aromatic rings. The average Bonchev–Trinajstić information content (AvgIpc) is 2.16. The molecule has 0 saturated heterocycles. The Balaban J connectivity index is 0. The zero-order valence-electron chi connectivity index (χ0n) is 8.85. The van der Waals surface area contributed by atoms with Crippen molar-refractivity contribution in [3.8, 4) is 0 Å². The summed E-state index contributed by atoms with van der Waals surface area (Å²) in [7, 11) is 0. The van der Waals surface area contributed by atoms with Gasteiger partial charge in [-0.1, -0.05) is 13.2 Å². The van der Waals surface area contributed by atoms with Gasteiger partial charge in [-0.2, -0.15) is 0 Å². The van der Waals surface area contributed by atoms with E-state index < -0.39 is 6.10 Å². The summed E-state index contributed by atoms with van der Waals surface area (Å²) in [5.74, 6) is 0. The van der Waals surface area contributed by atoms with Crippen molar-refractivity contribution in [1.29, 1.82) is 0 Å². The van der Waals surface area contributed by atoms with E-state index in [-0.39, 0.29) is 12.7 Å². The van der Waals surface area contributed by atoms with Gasteiger partial charge in [0.05, 0.1) is 37.9 Å². The molecule has 0 fully saturated rings. The van der Waals surface area contributed by atoms with Gasteiger partial charge in [0.1, 0.15) is 0 Å². The number of hydrogen-bond acceptors (Lipinski definition) is 4. The van der Waals surface area contributed by atoms with Gasteiger partial charge in [0.25, 0.3) is 0 Å². The van der Waals surface area contributed by atoms with Crippen molar-refractivity contribution in [2.75, 3.05) is 13.2 Å². The summed E-state index contributed by atoms with van der Waals surface area (Å²) in [5, 5.41) is 17.1. The van der Waals surface area contributed by atoms with Crippen molar-refractivity contribution in [2.24, 2.45) is 0 Å². The Bertz CT molecular complexity index is 128. The van der Waals surface area contributed by atoms with Crippen LogP contribution >= 0.6 is 0 Å². The molecule has 4 nitrogen and oxygen atoms in total. The van der Waals surface area contributed by atoms with Gasteiger partial charge >= 0.3 is 0 Å². The van der Waals surface area contributed by atoms with Gasteiger partial charge in [0.2, 0.25) is 0 Å². The molecule has 0 rings (SSSR count). The number of aliphatic hydroxyl groups is 2. The second-order valence-electron chi connectivity index (χ2n) is 2.64. The standard InChI is InChI=1S/C6H14O3.C4H6O/c1-5(8)4-9-6(2)3-7;1-3-5-4-2/h5-8H,3-4H2,1-2H3;3-4H,1-2H2. The van der Waals surface area contributed by atoms with Crippen molar-refractivity contribution in [1.82, 2.24) is 0 Å². The summed E-state index contributed by atoms with van der Waals surface area (Å²) in [5.41, 5.74) is 0. The summed E-state index contributed by atoms with van der Waals surface area (Å²) in [6.45, 7) is 10.2. The van der Waals surface area contributed by atoms with Crippen LogP contribution < -0.4 is 0 Å². The van der Waals surface area contributed by atoms with Gasteiger partial charge in [-0.3, -0.25) is 0 Å². The van der Waals surface area contributed by atoms with Gasteiger partial charge in [-0.15, -0.1) is 0 Å². The van der Waals surface area contributed by atoms with Gasteiger partial charge in [0, 0.05) is 0 Å². The van der Waals surface area contributed by atoms with Crippen molar-refractivity contribution in [3.63, 3.8) is 0 Å². The van der Waals surface area contributed by atoms with Crippen LogP contribution in [0.15, 0.2) is 25.7 Å². The molecule has 0 spiro atoms. The minimum atomic E-state index is -0.445. The highest BCUT2D eigenvalue weighted by molar-refractivity contribution is 4.57. The summed E-state index contributed by atoms with van der Waals surface area (Å²) in [6, 6.07) is 0. The van der Waals surface area contributed by atoms with Crippen molar-refractivity contribution in [3.05, 3.63) is 25.7 Å². The lowest BCUT2D eigenvalue weighted by molar-refractivity contribution is -0.0177. The topological polar surface area (TPSA) is 58.9 Å². The Morgan fingerprint density at radius 1 is 1.29 bits per heavy atom. The molecule has 2 N–H and O–H groups in total. The molecule has 0 amide bonds. The molecule has 0 saturated carbocycles. The molecule has 0 bridgehead atoms. The van der Waals surface area contributed by atoms with E-state index in [1.807, 2.05) is 0 Å². The first-order valence-corrected chi connectivity index (χ1v) is 4.36. The predicted octanol–water partition coefficient (Wildman–Crippen LogP) is 1.05. The van der Waals surface area contributed by atoms with E-state index in [0.717, 1.165) is 0 Å². The van der Waals surface area contributed by atoms with E-state index in [0.29, 0.717) is 6.61 Å². The third kappa shape index (κ3) is 17.3. The minimum Gasteiger partial charge on any atom is -0.474 e. The van der Waals surface area contributed by atoms with Crippen LogP contribution in [-0.4, -0.2) is 35.6 Å². The molecule has 0 radical (unpaired) electrons. The zero-order chi connectivity index (χ0) is 11.4. The van der Waals surface area contributed by atoms with E-state index in [2.05, 4.69) is 17.9 Å². The summed E-state index contributed by atoms with van der Waals surface area (Å²) in [4.78, 5) is 0.